The van der Waals surface area contributed by atoms with Crippen LogP contribution >= 0.6 is 0 Å². The van der Waals surface area contributed by atoms with Crippen LogP contribution in [0, 0.1) is 17.3 Å². The highest BCUT2D eigenvalue weighted by atomic mass is 16.3. The highest BCUT2D eigenvalue weighted by Gasteiger charge is 2.39. The zero-order chi connectivity index (χ0) is 22.8. The van der Waals surface area contributed by atoms with Gasteiger partial charge in [0.15, 0.2) is 11.5 Å². The third-order valence-corrected chi connectivity index (χ3v) is 5.53. The summed E-state index contributed by atoms with van der Waals surface area (Å²) in [7, 11) is 1.63. The third-order valence-electron chi connectivity index (χ3n) is 5.53. The second-order valence-electron chi connectivity index (χ2n) is 8.50. The first-order valence-electron chi connectivity index (χ1n) is 10.0. The van der Waals surface area contributed by atoms with Gasteiger partial charge in [0.25, 0.3) is 5.91 Å². The molecule has 1 aliphatic carbocycles. The van der Waals surface area contributed by atoms with Crippen LogP contribution in [0.25, 0.3) is 5.82 Å². The number of pyridine rings is 1. The molecule has 0 aromatic carbocycles. The number of nitrogens with zero attached hydrogens (tertiary/aromatic N) is 4. The fourth-order valence-corrected chi connectivity index (χ4v) is 3.52. The van der Waals surface area contributed by atoms with Crippen LogP contribution in [0.1, 0.15) is 47.6 Å². The van der Waals surface area contributed by atoms with Crippen LogP contribution in [-0.2, 0) is 17.6 Å². The van der Waals surface area contributed by atoms with Gasteiger partial charge in [0.2, 0.25) is 6.41 Å². The highest BCUT2D eigenvalue weighted by Crippen LogP contribution is 2.37. The summed E-state index contributed by atoms with van der Waals surface area (Å²) in [5.74, 6) is 5.49. The number of hydrogen-bond acceptors (Lipinski definition) is 6. The molecule has 0 aliphatic heterocycles. The van der Waals surface area contributed by atoms with Gasteiger partial charge in [0.1, 0.15) is 6.10 Å². The lowest BCUT2D eigenvalue weighted by Crippen LogP contribution is -2.38. The Hall–Kier alpha value is -3.22. The SMILES string of the molecule is CN(C=O)CCC(O)C#Cc1ccnc(-n2nc(C(N)=O)c3c2CC(C)(C)C(O)C3)c1. The van der Waals surface area contributed by atoms with Crippen molar-refractivity contribution in [1.29, 1.82) is 0 Å². The molecule has 0 fully saturated rings. The Morgan fingerprint density at radius 3 is 2.94 bits per heavy atom. The summed E-state index contributed by atoms with van der Waals surface area (Å²) >= 11 is 0. The quantitative estimate of drug-likeness (QED) is 0.442. The molecule has 9 nitrogen and oxygen atoms in total. The zero-order valence-electron chi connectivity index (χ0n) is 17.9. The van der Waals surface area contributed by atoms with Crippen molar-refractivity contribution in [2.45, 2.75) is 45.3 Å². The summed E-state index contributed by atoms with van der Waals surface area (Å²) < 4.78 is 1.59. The van der Waals surface area contributed by atoms with Gasteiger partial charge in [-0.05, 0) is 24.0 Å². The van der Waals surface area contributed by atoms with E-state index in [2.05, 4.69) is 21.9 Å². The Kier molecular flexibility index (Phi) is 6.43. The third kappa shape index (κ3) is 4.93. The molecule has 9 heteroatoms. The van der Waals surface area contributed by atoms with E-state index in [4.69, 9.17) is 5.73 Å². The fourth-order valence-electron chi connectivity index (χ4n) is 3.52. The van der Waals surface area contributed by atoms with Gasteiger partial charge >= 0.3 is 0 Å². The maximum Gasteiger partial charge on any atom is 0.269 e. The number of carbonyl (C=O) groups excluding carboxylic acids is 2. The van der Waals surface area contributed by atoms with Crippen molar-refractivity contribution in [3.8, 4) is 17.7 Å². The van der Waals surface area contributed by atoms with Gasteiger partial charge < -0.3 is 20.8 Å². The molecule has 0 radical (unpaired) electrons. The highest BCUT2D eigenvalue weighted by molar-refractivity contribution is 5.92. The maximum atomic E-state index is 11.9. The van der Waals surface area contributed by atoms with Crippen molar-refractivity contribution in [2.75, 3.05) is 13.6 Å². The van der Waals surface area contributed by atoms with E-state index in [1.54, 1.807) is 30.1 Å². The topological polar surface area (TPSA) is 135 Å². The molecule has 2 heterocycles. The van der Waals surface area contributed by atoms with Crippen LogP contribution in [0.2, 0.25) is 0 Å². The van der Waals surface area contributed by atoms with Crippen molar-refractivity contribution in [1.82, 2.24) is 19.7 Å². The Morgan fingerprint density at radius 1 is 1.52 bits per heavy atom. The second kappa shape index (κ2) is 8.88. The van der Waals surface area contributed by atoms with E-state index < -0.39 is 23.5 Å². The first-order valence-corrected chi connectivity index (χ1v) is 10.0. The minimum atomic E-state index is -0.875. The number of aliphatic hydroxyl groups excluding tert-OH is 2. The Morgan fingerprint density at radius 2 is 2.26 bits per heavy atom. The van der Waals surface area contributed by atoms with Gasteiger partial charge in [0, 0.05) is 43.8 Å². The molecule has 3 rings (SSSR count). The molecule has 1 aliphatic rings. The van der Waals surface area contributed by atoms with Crippen LogP contribution < -0.4 is 5.73 Å². The van der Waals surface area contributed by atoms with Crippen LogP contribution in [0.5, 0.6) is 0 Å². The summed E-state index contributed by atoms with van der Waals surface area (Å²) in [5, 5.41) is 24.9. The van der Waals surface area contributed by atoms with Gasteiger partial charge in [-0.2, -0.15) is 5.10 Å². The molecule has 0 bridgehead atoms. The average molecular weight is 425 g/mol. The molecule has 4 N–H and O–H groups in total. The van der Waals surface area contributed by atoms with Gasteiger partial charge in [-0.15, -0.1) is 0 Å². The molecule has 0 saturated carbocycles. The van der Waals surface area contributed by atoms with Gasteiger partial charge in [-0.1, -0.05) is 25.7 Å². The predicted molar refractivity (Wildman–Crippen MR) is 113 cm³/mol. The summed E-state index contributed by atoms with van der Waals surface area (Å²) in [5.41, 5.74) is 7.32. The number of primary amides is 1. The van der Waals surface area contributed by atoms with Crippen LogP contribution in [-0.4, -0.2) is 68.0 Å². The monoisotopic (exact) mass is 425 g/mol. The van der Waals surface area contributed by atoms with E-state index in [0.717, 1.165) is 5.69 Å². The molecule has 0 spiro atoms. The largest absolute Gasteiger partial charge is 0.392 e. The van der Waals surface area contributed by atoms with Gasteiger partial charge in [-0.3, -0.25) is 9.59 Å². The van der Waals surface area contributed by atoms with Crippen LogP contribution in [0.15, 0.2) is 18.3 Å². The Labute approximate surface area is 180 Å². The smallest absolute Gasteiger partial charge is 0.269 e. The molecular formula is C22H27N5O4. The summed E-state index contributed by atoms with van der Waals surface area (Å²) in [4.78, 5) is 28.4. The summed E-state index contributed by atoms with van der Waals surface area (Å²) in [6.45, 7) is 4.32. The minimum Gasteiger partial charge on any atom is -0.392 e. The number of nitrogens with two attached hydrogens (primary N) is 1. The second-order valence-corrected chi connectivity index (χ2v) is 8.50. The van der Waals surface area contributed by atoms with Crippen molar-refractivity contribution in [3.05, 3.63) is 40.8 Å². The normalized spacial score (nSPS) is 17.8. The van der Waals surface area contributed by atoms with Crippen LogP contribution in [0.4, 0.5) is 0 Å². The molecule has 2 amide bonds. The van der Waals surface area contributed by atoms with Crippen molar-refractivity contribution < 1.29 is 19.8 Å². The lowest BCUT2D eigenvalue weighted by molar-refractivity contribution is -0.117. The van der Waals surface area contributed by atoms with Crippen molar-refractivity contribution >= 4 is 12.3 Å². The lowest BCUT2D eigenvalue weighted by Gasteiger charge is -2.35. The molecule has 31 heavy (non-hydrogen) atoms. The summed E-state index contributed by atoms with van der Waals surface area (Å²) in [6, 6.07) is 3.42. The van der Waals surface area contributed by atoms with Crippen LogP contribution in [0.3, 0.4) is 0 Å². The number of hydrogen-bond donors (Lipinski definition) is 3. The molecule has 2 aromatic rings. The summed E-state index contributed by atoms with van der Waals surface area (Å²) in [6.07, 6.45) is 1.92. The number of fused-ring (bicyclic) bond motifs is 1. The van der Waals surface area contributed by atoms with Crippen molar-refractivity contribution in [2.24, 2.45) is 11.1 Å². The average Bonchev–Trinajstić information content (AvgIpc) is 3.08. The lowest BCUT2D eigenvalue weighted by atomic mass is 9.74. The zero-order valence-corrected chi connectivity index (χ0v) is 17.9. The van der Waals surface area contributed by atoms with E-state index in [1.165, 1.54) is 4.90 Å². The Balaban J connectivity index is 1.92. The molecule has 0 saturated heterocycles. The standard InChI is InChI=1S/C22H27N5O4/c1-22(2)12-17-16(11-18(22)30)20(21(23)31)25-27(17)19-10-14(6-8-24-19)4-5-15(29)7-9-26(3)13-28/h6,8,10,13,15,18,29-30H,7,9,11-12H2,1-3H3,(H2,23,31). The fraction of sp³-hybridized carbons (Fsp3) is 0.455. The first kappa shape index (κ1) is 22.5. The number of amides is 2. The Bertz CT molecular complexity index is 1050. The number of carbonyl (C=O) groups is 2. The molecule has 2 aromatic heterocycles. The molecule has 2 atom stereocenters. The van der Waals surface area contributed by atoms with E-state index in [0.29, 0.717) is 49.2 Å². The predicted octanol–water partition coefficient (Wildman–Crippen LogP) is 0.0426. The number of rotatable bonds is 6. The molecular weight excluding hydrogens is 398 g/mol. The van der Waals surface area contributed by atoms with E-state index in [-0.39, 0.29) is 5.69 Å². The number of aromatic nitrogens is 3. The van der Waals surface area contributed by atoms with Gasteiger partial charge in [0.05, 0.1) is 11.8 Å². The molecule has 164 valence electrons. The van der Waals surface area contributed by atoms with Gasteiger partial charge in [-0.25, -0.2) is 9.67 Å². The van der Waals surface area contributed by atoms with Crippen molar-refractivity contribution in [3.63, 3.8) is 0 Å². The minimum absolute atomic E-state index is 0.137. The van der Waals surface area contributed by atoms with E-state index >= 15 is 0 Å². The number of aliphatic hydroxyl groups is 2. The van der Waals surface area contributed by atoms with E-state index in [1.807, 2.05) is 13.8 Å². The van der Waals surface area contributed by atoms with E-state index in [9.17, 15) is 19.8 Å². The maximum absolute atomic E-state index is 11.9. The molecule has 2 unspecified atom stereocenters. The first-order chi connectivity index (χ1) is 14.6.